The van der Waals surface area contributed by atoms with Crippen LogP contribution in [0.15, 0.2) is 18.3 Å². The fourth-order valence-electron chi connectivity index (χ4n) is 1.36. The van der Waals surface area contributed by atoms with Crippen LogP contribution in [0.4, 0.5) is 5.82 Å². The SMILES string of the molecule is CC[C@@H](CN)N(C)c1ccc(Cl)cn1. The third-order valence-corrected chi connectivity index (χ3v) is 2.59. The van der Waals surface area contributed by atoms with Crippen LogP contribution in [-0.4, -0.2) is 24.6 Å². The molecule has 4 heteroatoms. The summed E-state index contributed by atoms with van der Waals surface area (Å²) in [7, 11) is 2.00. The number of aromatic nitrogens is 1. The van der Waals surface area contributed by atoms with Crippen LogP contribution >= 0.6 is 11.6 Å². The van der Waals surface area contributed by atoms with E-state index >= 15 is 0 Å². The summed E-state index contributed by atoms with van der Waals surface area (Å²) in [5.41, 5.74) is 5.66. The van der Waals surface area contributed by atoms with Gasteiger partial charge in [0.15, 0.2) is 0 Å². The lowest BCUT2D eigenvalue weighted by Crippen LogP contribution is -2.37. The molecule has 1 heterocycles. The Labute approximate surface area is 89.9 Å². The summed E-state index contributed by atoms with van der Waals surface area (Å²) in [4.78, 5) is 6.31. The van der Waals surface area contributed by atoms with Crippen LogP contribution in [0.3, 0.4) is 0 Å². The van der Waals surface area contributed by atoms with Crippen LogP contribution < -0.4 is 10.6 Å². The van der Waals surface area contributed by atoms with Gasteiger partial charge in [-0.15, -0.1) is 0 Å². The first kappa shape index (κ1) is 11.3. The summed E-state index contributed by atoms with van der Waals surface area (Å²) in [6.45, 7) is 2.75. The van der Waals surface area contributed by atoms with Gasteiger partial charge in [-0.2, -0.15) is 0 Å². The van der Waals surface area contributed by atoms with Crippen LogP contribution in [0, 0.1) is 0 Å². The Kier molecular flexibility index (Phi) is 4.17. The molecule has 2 N–H and O–H groups in total. The molecule has 1 atom stereocenters. The van der Waals surface area contributed by atoms with Crippen molar-refractivity contribution in [2.45, 2.75) is 19.4 Å². The molecule has 1 aromatic rings. The van der Waals surface area contributed by atoms with E-state index in [2.05, 4.69) is 16.8 Å². The molecule has 0 saturated heterocycles. The Morgan fingerprint density at radius 3 is 2.71 bits per heavy atom. The molecule has 0 unspecified atom stereocenters. The van der Waals surface area contributed by atoms with Gasteiger partial charge < -0.3 is 10.6 Å². The number of nitrogens with zero attached hydrogens (tertiary/aromatic N) is 2. The minimum absolute atomic E-state index is 0.337. The molecule has 1 aromatic heterocycles. The van der Waals surface area contributed by atoms with E-state index in [1.807, 2.05) is 19.2 Å². The number of likely N-dealkylation sites (N-methyl/N-ethyl adjacent to an activating group) is 1. The summed E-state index contributed by atoms with van der Waals surface area (Å²) in [5.74, 6) is 0.909. The average molecular weight is 214 g/mol. The third kappa shape index (κ3) is 2.59. The highest BCUT2D eigenvalue weighted by molar-refractivity contribution is 6.30. The summed E-state index contributed by atoms with van der Waals surface area (Å²) >= 11 is 5.76. The zero-order valence-corrected chi connectivity index (χ0v) is 9.33. The number of rotatable bonds is 4. The van der Waals surface area contributed by atoms with Crippen LogP contribution in [-0.2, 0) is 0 Å². The topological polar surface area (TPSA) is 42.1 Å². The first-order valence-corrected chi connectivity index (χ1v) is 5.11. The molecule has 0 radical (unpaired) electrons. The number of halogens is 1. The van der Waals surface area contributed by atoms with E-state index in [4.69, 9.17) is 17.3 Å². The summed E-state index contributed by atoms with van der Waals surface area (Å²) in [5, 5.41) is 0.656. The number of anilines is 1. The Morgan fingerprint density at radius 2 is 2.29 bits per heavy atom. The van der Waals surface area contributed by atoms with Gasteiger partial charge in [-0.25, -0.2) is 4.98 Å². The van der Waals surface area contributed by atoms with Gasteiger partial charge in [0, 0.05) is 25.8 Å². The lowest BCUT2D eigenvalue weighted by atomic mass is 10.2. The standard InChI is InChI=1S/C10H16ClN3/c1-3-9(6-12)14(2)10-5-4-8(11)7-13-10/h4-5,7,9H,3,6,12H2,1-2H3/t9-/m0/s1. The molecule has 0 amide bonds. The molecule has 14 heavy (non-hydrogen) atoms. The van der Waals surface area contributed by atoms with Crippen LogP contribution in [0.1, 0.15) is 13.3 Å². The Bertz CT molecular complexity index is 269. The van der Waals surface area contributed by atoms with E-state index < -0.39 is 0 Å². The Morgan fingerprint density at radius 1 is 1.57 bits per heavy atom. The molecule has 0 aliphatic carbocycles. The van der Waals surface area contributed by atoms with Gasteiger partial charge in [0.05, 0.1) is 5.02 Å². The van der Waals surface area contributed by atoms with Crippen molar-refractivity contribution in [2.75, 3.05) is 18.5 Å². The Balaban J connectivity index is 2.77. The van der Waals surface area contributed by atoms with Crippen LogP contribution in [0.5, 0.6) is 0 Å². The lowest BCUT2D eigenvalue weighted by Gasteiger charge is -2.26. The zero-order chi connectivity index (χ0) is 10.6. The normalized spacial score (nSPS) is 12.6. The number of hydrogen-bond donors (Lipinski definition) is 1. The van der Waals surface area contributed by atoms with Crippen molar-refractivity contribution in [3.63, 3.8) is 0 Å². The molecule has 0 spiro atoms. The highest BCUT2D eigenvalue weighted by atomic mass is 35.5. The average Bonchev–Trinajstić information content (AvgIpc) is 2.20. The van der Waals surface area contributed by atoms with Gasteiger partial charge in [-0.1, -0.05) is 18.5 Å². The van der Waals surface area contributed by atoms with E-state index in [-0.39, 0.29) is 0 Å². The van der Waals surface area contributed by atoms with E-state index in [1.54, 1.807) is 6.20 Å². The number of nitrogens with two attached hydrogens (primary N) is 1. The van der Waals surface area contributed by atoms with Crippen LogP contribution in [0.25, 0.3) is 0 Å². The first-order chi connectivity index (χ1) is 6.69. The van der Waals surface area contributed by atoms with E-state index in [0.717, 1.165) is 12.2 Å². The fourth-order valence-corrected chi connectivity index (χ4v) is 1.47. The highest BCUT2D eigenvalue weighted by Gasteiger charge is 2.11. The largest absolute Gasteiger partial charge is 0.355 e. The summed E-state index contributed by atoms with van der Waals surface area (Å²) < 4.78 is 0. The molecule has 0 fully saturated rings. The molecule has 0 aliphatic rings. The monoisotopic (exact) mass is 213 g/mol. The molecule has 0 saturated carbocycles. The van der Waals surface area contributed by atoms with Crippen molar-refractivity contribution in [3.05, 3.63) is 23.4 Å². The van der Waals surface area contributed by atoms with Gasteiger partial charge in [0.1, 0.15) is 5.82 Å². The van der Waals surface area contributed by atoms with Crippen molar-refractivity contribution in [2.24, 2.45) is 5.73 Å². The third-order valence-electron chi connectivity index (χ3n) is 2.36. The van der Waals surface area contributed by atoms with Gasteiger partial charge in [0.25, 0.3) is 0 Å². The van der Waals surface area contributed by atoms with E-state index in [0.29, 0.717) is 17.6 Å². The van der Waals surface area contributed by atoms with Crippen molar-refractivity contribution >= 4 is 17.4 Å². The Hall–Kier alpha value is -0.800. The highest BCUT2D eigenvalue weighted by Crippen LogP contribution is 2.15. The van der Waals surface area contributed by atoms with Gasteiger partial charge in [-0.05, 0) is 18.6 Å². The fraction of sp³-hybridized carbons (Fsp3) is 0.500. The van der Waals surface area contributed by atoms with Crippen molar-refractivity contribution in [3.8, 4) is 0 Å². The molecule has 0 aromatic carbocycles. The smallest absolute Gasteiger partial charge is 0.128 e. The molecular weight excluding hydrogens is 198 g/mol. The maximum atomic E-state index is 5.76. The van der Waals surface area contributed by atoms with E-state index in [9.17, 15) is 0 Å². The van der Waals surface area contributed by atoms with Crippen molar-refractivity contribution in [1.29, 1.82) is 0 Å². The second kappa shape index (κ2) is 5.17. The number of pyridine rings is 1. The molecule has 0 bridgehead atoms. The lowest BCUT2D eigenvalue weighted by molar-refractivity contribution is 0.613. The maximum absolute atomic E-state index is 5.76. The summed E-state index contributed by atoms with van der Waals surface area (Å²) in [6, 6.07) is 4.08. The molecular formula is C10H16ClN3. The second-order valence-corrected chi connectivity index (χ2v) is 3.68. The van der Waals surface area contributed by atoms with Gasteiger partial charge in [0.2, 0.25) is 0 Å². The van der Waals surface area contributed by atoms with Crippen LogP contribution in [0.2, 0.25) is 5.02 Å². The summed E-state index contributed by atoms with van der Waals surface area (Å²) in [6.07, 6.45) is 2.66. The zero-order valence-electron chi connectivity index (χ0n) is 8.57. The first-order valence-electron chi connectivity index (χ1n) is 4.73. The molecule has 1 rings (SSSR count). The second-order valence-electron chi connectivity index (χ2n) is 3.24. The van der Waals surface area contributed by atoms with Gasteiger partial charge >= 0.3 is 0 Å². The maximum Gasteiger partial charge on any atom is 0.128 e. The molecule has 0 aliphatic heterocycles. The van der Waals surface area contributed by atoms with E-state index in [1.165, 1.54) is 0 Å². The molecule has 3 nitrogen and oxygen atoms in total. The van der Waals surface area contributed by atoms with Crippen molar-refractivity contribution < 1.29 is 0 Å². The predicted molar refractivity (Wildman–Crippen MR) is 60.8 cm³/mol. The number of hydrogen-bond acceptors (Lipinski definition) is 3. The van der Waals surface area contributed by atoms with Crippen molar-refractivity contribution in [1.82, 2.24) is 4.98 Å². The quantitative estimate of drug-likeness (QED) is 0.831. The van der Waals surface area contributed by atoms with Gasteiger partial charge in [-0.3, -0.25) is 0 Å². The minimum Gasteiger partial charge on any atom is -0.355 e. The predicted octanol–water partition coefficient (Wildman–Crippen LogP) is 1.91. The minimum atomic E-state index is 0.337. The molecule has 78 valence electrons.